The van der Waals surface area contributed by atoms with Crippen molar-refractivity contribution in [3.63, 3.8) is 0 Å². The maximum absolute atomic E-state index is 11.6. The highest BCUT2D eigenvalue weighted by atomic mass is 35.5. The molecule has 0 radical (unpaired) electrons. The standard InChI is InChI=1S/C12H15ClN2O3/c1-7(2)15-11(16)6-18-12(17)8-3-4-9(13)10(14)5-8/h3-5,7H,6,14H2,1-2H3,(H,15,16). The number of ether oxygens (including phenoxy) is 1. The number of esters is 1. The fourth-order valence-corrected chi connectivity index (χ4v) is 1.37. The summed E-state index contributed by atoms with van der Waals surface area (Å²) < 4.78 is 4.84. The van der Waals surface area contributed by atoms with Crippen molar-refractivity contribution in [2.75, 3.05) is 12.3 Å². The molecule has 0 fully saturated rings. The number of nitrogens with two attached hydrogens (primary N) is 1. The monoisotopic (exact) mass is 270 g/mol. The first-order chi connectivity index (χ1) is 8.40. The van der Waals surface area contributed by atoms with E-state index in [9.17, 15) is 9.59 Å². The third-order valence-electron chi connectivity index (χ3n) is 2.02. The third-order valence-corrected chi connectivity index (χ3v) is 2.36. The molecule has 98 valence electrons. The highest BCUT2D eigenvalue weighted by Gasteiger charge is 2.11. The summed E-state index contributed by atoms with van der Waals surface area (Å²) >= 11 is 5.73. The maximum atomic E-state index is 11.6. The van der Waals surface area contributed by atoms with Crippen LogP contribution in [-0.4, -0.2) is 24.5 Å². The molecule has 3 N–H and O–H groups in total. The first-order valence-electron chi connectivity index (χ1n) is 5.41. The Balaban J connectivity index is 2.55. The smallest absolute Gasteiger partial charge is 0.338 e. The van der Waals surface area contributed by atoms with Gasteiger partial charge < -0.3 is 15.8 Å². The predicted octanol–water partition coefficient (Wildman–Crippen LogP) is 1.60. The van der Waals surface area contributed by atoms with Crippen LogP contribution >= 0.6 is 11.6 Å². The fraction of sp³-hybridized carbons (Fsp3) is 0.333. The van der Waals surface area contributed by atoms with E-state index in [1.165, 1.54) is 18.2 Å². The van der Waals surface area contributed by atoms with E-state index in [4.69, 9.17) is 22.1 Å². The number of amides is 1. The molecule has 6 heteroatoms. The van der Waals surface area contributed by atoms with Crippen molar-refractivity contribution < 1.29 is 14.3 Å². The van der Waals surface area contributed by atoms with Crippen LogP contribution in [0.15, 0.2) is 18.2 Å². The lowest BCUT2D eigenvalue weighted by atomic mass is 10.2. The van der Waals surface area contributed by atoms with Gasteiger partial charge in [-0.3, -0.25) is 4.79 Å². The molecule has 1 aromatic carbocycles. The van der Waals surface area contributed by atoms with Crippen molar-refractivity contribution in [2.45, 2.75) is 19.9 Å². The van der Waals surface area contributed by atoms with E-state index in [0.29, 0.717) is 5.02 Å². The van der Waals surface area contributed by atoms with Gasteiger partial charge in [0.2, 0.25) is 0 Å². The van der Waals surface area contributed by atoms with Gasteiger partial charge in [-0.05, 0) is 32.0 Å². The van der Waals surface area contributed by atoms with Gasteiger partial charge in [-0.2, -0.15) is 0 Å². The Morgan fingerprint density at radius 3 is 2.67 bits per heavy atom. The Morgan fingerprint density at radius 2 is 2.11 bits per heavy atom. The van der Waals surface area contributed by atoms with E-state index in [1.807, 2.05) is 13.8 Å². The second-order valence-electron chi connectivity index (χ2n) is 4.03. The predicted molar refractivity (Wildman–Crippen MR) is 69.4 cm³/mol. The van der Waals surface area contributed by atoms with Gasteiger partial charge in [-0.25, -0.2) is 4.79 Å². The zero-order valence-electron chi connectivity index (χ0n) is 10.2. The first-order valence-corrected chi connectivity index (χ1v) is 5.79. The molecule has 0 atom stereocenters. The summed E-state index contributed by atoms with van der Waals surface area (Å²) in [5, 5.41) is 2.97. The molecule has 1 rings (SSSR count). The number of hydrogen-bond acceptors (Lipinski definition) is 4. The van der Waals surface area contributed by atoms with Crippen molar-refractivity contribution in [3.8, 4) is 0 Å². The summed E-state index contributed by atoms with van der Waals surface area (Å²) in [6.45, 7) is 3.32. The summed E-state index contributed by atoms with van der Waals surface area (Å²) in [4.78, 5) is 22.9. The minimum atomic E-state index is -0.614. The molecule has 0 aliphatic heterocycles. The molecular weight excluding hydrogens is 256 g/mol. The van der Waals surface area contributed by atoms with Gasteiger partial charge in [-0.1, -0.05) is 11.6 Å². The Kier molecular flexibility index (Phi) is 4.97. The van der Waals surface area contributed by atoms with Crippen LogP contribution in [0.1, 0.15) is 24.2 Å². The normalized spacial score (nSPS) is 10.2. The van der Waals surface area contributed by atoms with Crippen molar-refractivity contribution >= 4 is 29.2 Å². The molecule has 1 aromatic rings. The molecule has 0 spiro atoms. The molecule has 0 aliphatic carbocycles. The second kappa shape index (κ2) is 6.26. The van der Waals surface area contributed by atoms with Crippen molar-refractivity contribution in [1.29, 1.82) is 0 Å². The number of carbonyl (C=O) groups excluding carboxylic acids is 2. The molecule has 18 heavy (non-hydrogen) atoms. The lowest BCUT2D eigenvalue weighted by molar-refractivity contribution is -0.124. The second-order valence-corrected chi connectivity index (χ2v) is 4.44. The molecule has 0 bridgehead atoms. The number of rotatable bonds is 4. The molecule has 0 aromatic heterocycles. The van der Waals surface area contributed by atoms with Gasteiger partial charge in [0, 0.05) is 6.04 Å². The van der Waals surface area contributed by atoms with E-state index in [2.05, 4.69) is 5.32 Å². The molecule has 0 heterocycles. The minimum Gasteiger partial charge on any atom is -0.452 e. The minimum absolute atomic E-state index is 0.00220. The average Bonchev–Trinajstić information content (AvgIpc) is 2.28. The van der Waals surface area contributed by atoms with Crippen LogP contribution in [0.3, 0.4) is 0 Å². The molecular formula is C12H15ClN2O3. The Morgan fingerprint density at radius 1 is 1.44 bits per heavy atom. The van der Waals surface area contributed by atoms with E-state index >= 15 is 0 Å². The van der Waals surface area contributed by atoms with Crippen molar-refractivity contribution in [1.82, 2.24) is 5.32 Å². The van der Waals surface area contributed by atoms with E-state index in [0.717, 1.165) is 0 Å². The summed E-state index contributed by atoms with van der Waals surface area (Å²) in [5.41, 5.74) is 6.11. The van der Waals surface area contributed by atoms with Gasteiger partial charge in [-0.15, -0.1) is 0 Å². The molecule has 1 amide bonds. The van der Waals surface area contributed by atoms with Crippen molar-refractivity contribution in [3.05, 3.63) is 28.8 Å². The number of anilines is 1. The maximum Gasteiger partial charge on any atom is 0.338 e. The number of hydrogen-bond donors (Lipinski definition) is 2. The number of nitrogen functional groups attached to an aromatic ring is 1. The van der Waals surface area contributed by atoms with Crippen molar-refractivity contribution in [2.24, 2.45) is 0 Å². The van der Waals surface area contributed by atoms with Crippen LogP contribution in [0, 0.1) is 0 Å². The molecule has 0 saturated heterocycles. The lowest BCUT2D eigenvalue weighted by Crippen LogP contribution is -2.33. The van der Waals surface area contributed by atoms with Crippen LogP contribution in [-0.2, 0) is 9.53 Å². The number of carbonyl (C=O) groups is 2. The Labute approximate surface area is 110 Å². The topological polar surface area (TPSA) is 81.4 Å². The molecule has 0 saturated carbocycles. The number of nitrogens with one attached hydrogen (secondary N) is 1. The van der Waals surface area contributed by atoms with Crippen LogP contribution < -0.4 is 11.1 Å². The summed E-state index contributed by atoms with van der Waals surface area (Å²) in [6.07, 6.45) is 0. The highest BCUT2D eigenvalue weighted by Crippen LogP contribution is 2.19. The van der Waals surface area contributed by atoms with Gasteiger partial charge in [0.25, 0.3) is 5.91 Å². The van der Waals surface area contributed by atoms with Crippen LogP contribution in [0.4, 0.5) is 5.69 Å². The summed E-state index contributed by atoms with van der Waals surface area (Å²) in [6, 6.07) is 4.40. The number of halogens is 1. The van der Waals surface area contributed by atoms with Crippen LogP contribution in [0.2, 0.25) is 5.02 Å². The lowest BCUT2D eigenvalue weighted by Gasteiger charge is -2.09. The summed E-state index contributed by atoms with van der Waals surface area (Å²) in [7, 11) is 0. The SMILES string of the molecule is CC(C)NC(=O)COC(=O)c1ccc(Cl)c(N)c1. The van der Waals surface area contributed by atoms with Gasteiger partial charge >= 0.3 is 5.97 Å². The van der Waals surface area contributed by atoms with Gasteiger partial charge in [0.15, 0.2) is 6.61 Å². The summed E-state index contributed by atoms with van der Waals surface area (Å²) in [5.74, 6) is -0.961. The highest BCUT2D eigenvalue weighted by molar-refractivity contribution is 6.33. The number of benzene rings is 1. The zero-order valence-corrected chi connectivity index (χ0v) is 11.0. The van der Waals surface area contributed by atoms with E-state index < -0.39 is 5.97 Å². The van der Waals surface area contributed by atoms with Crippen LogP contribution in [0.5, 0.6) is 0 Å². The van der Waals surface area contributed by atoms with E-state index in [-0.39, 0.29) is 29.8 Å². The first kappa shape index (κ1) is 14.3. The molecule has 5 nitrogen and oxygen atoms in total. The Hall–Kier alpha value is -1.75. The fourth-order valence-electron chi connectivity index (χ4n) is 1.25. The average molecular weight is 271 g/mol. The molecule has 0 aliphatic rings. The quantitative estimate of drug-likeness (QED) is 0.643. The van der Waals surface area contributed by atoms with E-state index in [1.54, 1.807) is 0 Å². The Bertz CT molecular complexity index is 461. The third kappa shape index (κ3) is 4.25. The molecule has 0 unspecified atom stereocenters. The van der Waals surface area contributed by atoms with Gasteiger partial charge in [0.05, 0.1) is 16.3 Å². The zero-order chi connectivity index (χ0) is 13.7. The van der Waals surface area contributed by atoms with Gasteiger partial charge in [0.1, 0.15) is 0 Å². The largest absolute Gasteiger partial charge is 0.452 e. The van der Waals surface area contributed by atoms with Crippen LogP contribution in [0.25, 0.3) is 0 Å².